The molecule has 1 N–H and O–H groups in total. The number of benzene rings is 1. The Hall–Kier alpha value is -2.01. The summed E-state index contributed by atoms with van der Waals surface area (Å²) in [5.74, 6) is 1.94. The Morgan fingerprint density at radius 1 is 1.12 bits per heavy atom. The highest BCUT2D eigenvalue weighted by Gasteiger charge is 2.18. The SMILES string of the molecule is CCCCCNc1nc(OC)c(-c2ccc(Cl)cc2OCC)nc1CC. The molecule has 5 nitrogen and oxygen atoms in total. The van der Waals surface area contributed by atoms with E-state index in [9.17, 15) is 0 Å². The zero-order valence-corrected chi connectivity index (χ0v) is 16.8. The number of methoxy groups -OCH3 is 1. The molecule has 1 heterocycles. The molecule has 0 bridgehead atoms. The number of ether oxygens (including phenoxy) is 2. The van der Waals surface area contributed by atoms with Crippen LogP contribution in [-0.2, 0) is 6.42 Å². The van der Waals surface area contributed by atoms with Crippen LogP contribution >= 0.6 is 11.6 Å². The van der Waals surface area contributed by atoms with Crippen LogP contribution in [-0.4, -0.2) is 30.2 Å². The van der Waals surface area contributed by atoms with Gasteiger partial charge in [0.25, 0.3) is 0 Å². The van der Waals surface area contributed by atoms with Crippen molar-refractivity contribution in [2.24, 2.45) is 0 Å². The lowest BCUT2D eigenvalue weighted by atomic mass is 10.1. The summed E-state index contributed by atoms with van der Waals surface area (Å²) in [7, 11) is 1.61. The molecular formula is C20H28ClN3O2. The summed E-state index contributed by atoms with van der Waals surface area (Å²) in [5.41, 5.74) is 2.41. The Morgan fingerprint density at radius 2 is 1.92 bits per heavy atom. The molecule has 0 saturated carbocycles. The smallest absolute Gasteiger partial charge is 0.242 e. The van der Waals surface area contributed by atoms with Gasteiger partial charge >= 0.3 is 0 Å². The first-order valence-electron chi connectivity index (χ1n) is 9.26. The molecule has 26 heavy (non-hydrogen) atoms. The van der Waals surface area contributed by atoms with Crippen molar-refractivity contribution in [3.8, 4) is 22.9 Å². The topological polar surface area (TPSA) is 56.3 Å². The molecule has 0 saturated heterocycles. The van der Waals surface area contributed by atoms with Crippen LogP contribution in [0.4, 0.5) is 5.82 Å². The molecule has 0 spiro atoms. The van der Waals surface area contributed by atoms with E-state index < -0.39 is 0 Å². The average Bonchev–Trinajstić information content (AvgIpc) is 2.65. The van der Waals surface area contributed by atoms with Crippen LogP contribution in [0.25, 0.3) is 11.3 Å². The molecule has 2 rings (SSSR count). The van der Waals surface area contributed by atoms with Gasteiger partial charge in [0.15, 0.2) is 5.82 Å². The second kappa shape index (κ2) is 10.2. The van der Waals surface area contributed by atoms with E-state index in [2.05, 4.69) is 24.1 Å². The molecule has 0 amide bonds. The highest BCUT2D eigenvalue weighted by atomic mass is 35.5. The number of aromatic nitrogens is 2. The second-order valence-electron chi connectivity index (χ2n) is 5.94. The first-order valence-corrected chi connectivity index (χ1v) is 9.63. The third-order valence-corrected chi connectivity index (χ3v) is 4.27. The van der Waals surface area contributed by atoms with E-state index in [0.717, 1.165) is 36.5 Å². The van der Waals surface area contributed by atoms with E-state index in [0.29, 0.717) is 29.0 Å². The molecule has 6 heteroatoms. The number of nitrogens with one attached hydrogen (secondary N) is 1. The van der Waals surface area contributed by atoms with E-state index in [4.69, 9.17) is 26.1 Å². The van der Waals surface area contributed by atoms with Gasteiger partial charge in [-0.2, -0.15) is 4.98 Å². The Morgan fingerprint density at radius 3 is 2.58 bits per heavy atom. The summed E-state index contributed by atoms with van der Waals surface area (Å²) in [6.07, 6.45) is 4.27. The fourth-order valence-corrected chi connectivity index (χ4v) is 2.87. The second-order valence-corrected chi connectivity index (χ2v) is 6.37. The number of hydrogen-bond acceptors (Lipinski definition) is 5. The van der Waals surface area contributed by atoms with Gasteiger partial charge in [-0.3, -0.25) is 0 Å². The predicted octanol–water partition coefficient (Wildman–Crippen LogP) is 5.37. The van der Waals surface area contributed by atoms with Gasteiger partial charge in [-0.05, 0) is 38.0 Å². The van der Waals surface area contributed by atoms with Crippen molar-refractivity contribution < 1.29 is 9.47 Å². The summed E-state index contributed by atoms with van der Waals surface area (Å²) in [6.45, 7) is 7.62. The highest BCUT2D eigenvalue weighted by molar-refractivity contribution is 6.30. The summed E-state index contributed by atoms with van der Waals surface area (Å²) >= 11 is 6.12. The third-order valence-electron chi connectivity index (χ3n) is 4.04. The van der Waals surface area contributed by atoms with E-state index in [1.165, 1.54) is 12.8 Å². The first kappa shape index (κ1) is 20.3. The summed E-state index contributed by atoms with van der Waals surface area (Å²) < 4.78 is 11.3. The molecule has 0 radical (unpaired) electrons. The van der Waals surface area contributed by atoms with Crippen LogP contribution in [0.15, 0.2) is 18.2 Å². The van der Waals surface area contributed by atoms with E-state index >= 15 is 0 Å². The Bertz CT molecular complexity index is 722. The zero-order chi connectivity index (χ0) is 18.9. The number of halogens is 1. The normalized spacial score (nSPS) is 10.7. The number of rotatable bonds is 10. The van der Waals surface area contributed by atoms with Gasteiger partial charge in [0.05, 0.1) is 19.4 Å². The fraction of sp³-hybridized carbons (Fsp3) is 0.500. The largest absolute Gasteiger partial charge is 0.493 e. The third kappa shape index (κ3) is 5.01. The summed E-state index contributed by atoms with van der Waals surface area (Å²) in [4.78, 5) is 9.51. The lowest BCUT2D eigenvalue weighted by Gasteiger charge is -2.16. The van der Waals surface area contributed by atoms with Gasteiger partial charge in [0.2, 0.25) is 5.88 Å². The minimum Gasteiger partial charge on any atom is -0.493 e. The quantitative estimate of drug-likeness (QED) is 0.564. The molecule has 0 atom stereocenters. The maximum atomic E-state index is 6.12. The minimum absolute atomic E-state index is 0.475. The van der Waals surface area contributed by atoms with Crippen LogP contribution in [0.2, 0.25) is 5.02 Å². The van der Waals surface area contributed by atoms with Crippen molar-refractivity contribution in [2.75, 3.05) is 25.6 Å². The molecule has 1 aromatic carbocycles. The standard InChI is InChI=1S/C20H28ClN3O2/c1-5-8-9-12-22-19-16(6-2)23-18(20(24-19)25-4)15-11-10-14(21)13-17(15)26-7-3/h10-11,13H,5-9,12H2,1-4H3,(H,22,24). The van der Waals surface area contributed by atoms with Gasteiger partial charge in [0.1, 0.15) is 11.4 Å². The lowest BCUT2D eigenvalue weighted by molar-refractivity contribution is 0.341. The Balaban J connectivity index is 2.43. The van der Waals surface area contributed by atoms with Crippen molar-refractivity contribution in [3.05, 3.63) is 28.9 Å². The molecule has 0 fully saturated rings. The van der Waals surface area contributed by atoms with E-state index in [1.807, 2.05) is 19.1 Å². The van der Waals surface area contributed by atoms with Crippen molar-refractivity contribution in [2.45, 2.75) is 46.5 Å². The molecule has 0 aliphatic heterocycles. The molecule has 142 valence electrons. The van der Waals surface area contributed by atoms with Crippen LogP contribution < -0.4 is 14.8 Å². The van der Waals surface area contributed by atoms with E-state index in [-0.39, 0.29) is 0 Å². The van der Waals surface area contributed by atoms with Gasteiger partial charge < -0.3 is 14.8 Å². The summed E-state index contributed by atoms with van der Waals surface area (Å²) in [6, 6.07) is 5.51. The number of unbranched alkanes of at least 4 members (excludes halogenated alkanes) is 2. The van der Waals surface area contributed by atoms with Crippen molar-refractivity contribution >= 4 is 17.4 Å². The zero-order valence-electron chi connectivity index (χ0n) is 16.1. The van der Waals surface area contributed by atoms with Crippen LogP contribution in [0, 0.1) is 0 Å². The van der Waals surface area contributed by atoms with Gasteiger partial charge in [-0.15, -0.1) is 0 Å². The maximum absolute atomic E-state index is 6.12. The fourth-order valence-electron chi connectivity index (χ4n) is 2.71. The number of hydrogen-bond donors (Lipinski definition) is 1. The van der Waals surface area contributed by atoms with Crippen molar-refractivity contribution in [1.29, 1.82) is 0 Å². The maximum Gasteiger partial charge on any atom is 0.242 e. The molecule has 0 aliphatic carbocycles. The van der Waals surface area contributed by atoms with E-state index in [1.54, 1.807) is 13.2 Å². The first-order chi connectivity index (χ1) is 12.6. The number of aryl methyl sites for hydroxylation is 1. The van der Waals surface area contributed by atoms with Crippen LogP contribution in [0.5, 0.6) is 11.6 Å². The Labute approximate surface area is 161 Å². The van der Waals surface area contributed by atoms with Crippen molar-refractivity contribution in [1.82, 2.24) is 9.97 Å². The lowest BCUT2D eigenvalue weighted by Crippen LogP contribution is -2.10. The predicted molar refractivity (Wildman–Crippen MR) is 108 cm³/mol. The monoisotopic (exact) mass is 377 g/mol. The Kier molecular flexibility index (Phi) is 7.98. The molecule has 2 aromatic rings. The molecule has 0 unspecified atom stereocenters. The minimum atomic E-state index is 0.475. The number of anilines is 1. The molecule has 1 aromatic heterocycles. The molecule has 0 aliphatic rings. The molecular weight excluding hydrogens is 350 g/mol. The van der Waals surface area contributed by atoms with Gasteiger partial charge in [0, 0.05) is 17.1 Å². The summed E-state index contributed by atoms with van der Waals surface area (Å²) in [5, 5.41) is 4.01. The van der Waals surface area contributed by atoms with Gasteiger partial charge in [-0.25, -0.2) is 4.98 Å². The van der Waals surface area contributed by atoms with Crippen LogP contribution in [0.3, 0.4) is 0 Å². The van der Waals surface area contributed by atoms with Crippen molar-refractivity contribution in [3.63, 3.8) is 0 Å². The average molecular weight is 378 g/mol. The highest BCUT2D eigenvalue weighted by Crippen LogP contribution is 2.37. The number of nitrogens with zero attached hydrogens (tertiary/aromatic N) is 2. The van der Waals surface area contributed by atoms with Gasteiger partial charge in [-0.1, -0.05) is 38.3 Å². The van der Waals surface area contributed by atoms with Crippen LogP contribution in [0.1, 0.15) is 45.7 Å².